The van der Waals surface area contributed by atoms with E-state index in [1.807, 2.05) is 36.4 Å². The second-order valence-corrected chi connectivity index (χ2v) is 9.40. The summed E-state index contributed by atoms with van der Waals surface area (Å²) in [5, 5.41) is 7.91. The van der Waals surface area contributed by atoms with Crippen molar-refractivity contribution < 1.29 is 13.9 Å². The summed E-state index contributed by atoms with van der Waals surface area (Å²) in [5.41, 5.74) is 9.00. The number of hydrogen-bond donors (Lipinski definition) is 1. The molecule has 0 radical (unpaired) electrons. The highest BCUT2D eigenvalue weighted by Crippen LogP contribution is 2.35. The summed E-state index contributed by atoms with van der Waals surface area (Å²) in [6.07, 6.45) is 2.12. The van der Waals surface area contributed by atoms with E-state index in [1.165, 1.54) is 11.1 Å². The highest BCUT2D eigenvalue weighted by atomic mass is 16.5. The molecule has 0 amide bonds. The molecule has 1 aromatic heterocycles. The number of rotatable bonds is 7. The number of nitrogens with two attached hydrogens (primary N) is 1. The van der Waals surface area contributed by atoms with E-state index in [0.717, 1.165) is 35.7 Å². The van der Waals surface area contributed by atoms with Gasteiger partial charge in [0.05, 0.1) is 0 Å². The molecule has 174 valence electrons. The van der Waals surface area contributed by atoms with Gasteiger partial charge >= 0.3 is 0 Å². The van der Waals surface area contributed by atoms with Gasteiger partial charge in [0, 0.05) is 23.9 Å². The van der Waals surface area contributed by atoms with Gasteiger partial charge in [-0.25, -0.2) is 0 Å². The molecule has 4 aromatic rings. The van der Waals surface area contributed by atoms with E-state index in [4.69, 9.17) is 19.6 Å². The van der Waals surface area contributed by atoms with Crippen LogP contribution in [0.1, 0.15) is 43.7 Å². The van der Waals surface area contributed by atoms with Crippen LogP contribution >= 0.6 is 0 Å². The van der Waals surface area contributed by atoms with Crippen LogP contribution in [0.25, 0.3) is 11.5 Å². The zero-order valence-corrected chi connectivity index (χ0v) is 19.7. The molecular formula is C28H29N3O3. The summed E-state index contributed by atoms with van der Waals surface area (Å²) in [6.45, 7) is 6.22. The van der Waals surface area contributed by atoms with E-state index in [9.17, 15) is 0 Å². The molecule has 0 saturated heterocycles. The first-order valence-corrected chi connectivity index (χ1v) is 11.6. The van der Waals surface area contributed by atoms with Gasteiger partial charge in [-0.15, -0.1) is 10.2 Å². The fourth-order valence-corrected chi connectivity index (χ4v) is 4.17. The third-order valence-electron chi connectivity index (χ3n) is 6.45. The van der Waals surface area contributed by atoms with Crippen LogP contribution in [0.5, 0.6) is 17.2 Å². The molecule has 0 spiro atoms. The van der Waals surface area contributed by atoms with Gasteiger partial charge in [0.25, 0.3) is 0 Å². The topological polar surface area (TPSA) is 83.4 Å². The highest BCUT2D eigenvalue weighted by Gasteiger charge is 2.28. The predicted molar refractivity (Wildman–Crippen MR) is 131 cm³/mol. The second-order valence-electron chi connectivity index (χ2n) is 9.40. The number of ether oxygens (including phenoxy) is 2. The molecule has 5 rings (SSSR count). The fraction of sp³-hybridized carbons (Fsp3) is 0.286. The first-order chi connectivity index (χ1) is 16.4. The van der Waals surface area contributed by atoms with Crippen LogP contribution < -0.4 is 15.2 Å². The maximum absolute atomic E-state index is 6.03. The van der Waals surface area contributed by atoms with Gasteiger partial charge < -0.3 is 19.6 Å². The van der Waals surface area contributed by atoms with Crippen molar-refractivity contribution in [3.05, 3.63) is 89.8 Å². The molecule has 0 unspecified atom stereocenters. The van der Waals surface area contributed by atoms with Crippen LogP contribution in [0.3, 0.4) is 0 Å². The minimum atomic E-state index is -0.153. The zero-order valence-electron chi connectivity index (χ0n) is 19.7. The molecule has 1 fully saturated rings. The van der Waals surface area contributed by atoms with Crippen LogP contribution in [-0.2, 0) is 5.41 Å². The molecule has 1 saturated carbocycles. The lowest BCUT2D eigenvalue weighted by atomic mass is 9.78. The van der Waals surface area contributed by atoms with Crippen molar-refractivity contribution in [1.29, 1.82) is 0 Å². The Hall–Kier alpha value is -3.64. The Bertz CT molecular complexity index is 1240. The number of benzene rings is 3. The largest absolute Gasteiger partial charge is 0.490 e. The summed E-state index contributed by atoms with van der Waals surface area (Å²) < 4.78 is 17.5. The van der Waals surface area contributed by atoms with E-state index >= 15 is 0 Å². The Labute approximate surface area is 199 Å². The van der Waals surface area contributed by atoms with Crippen LogP contribution in [0.4, 0.5) is 0 Å². The molecule has 1 aliphatic carbocycles. The van der Waals surface area contributed by atoms with Crippen LogP contribution in [-0.4, -0.2) is 22.3 Å². The minimum absolute atomic E-state index is 0.153. The Morgan fingerprint density at radius 2 is 1.32 bits per heavy atom. The molecule has 0 atom stereocenters. The SMILES string of the molecule is Cc1nnc(-c2ccc(Oc3ccc(C(C)(C)c4ccc(O[C@H]5C[C@H](N)C5)cc4)cc3)cc2)o1. The molecule has 2 N–H and O–H groups in total. The quantitative estimate of drug-likeness (QED) is 0.366. The summed E-state index contributed by atoms with van der Waals surface area (Å²) in [4.78, 5) is 0. The van der Waals surface area contributed by atoms with Gasteiger partial charge in [0.1, 0.15) is 23.4 Å². The average molecular weight is 456 g/mol. The van der Waals surface area contributed by atoms with E-state index < -0.39 is 0 Å². The van der Waals surface area contributed by atoms with Gasteiger partial charge in [-0.05, 0) is 72.5 Å². The molecule has 3 aromatic carbocycles. The van der Waals surface area contributed by atoms with Crippen LogP contribution in [0.15, 0.2) is 77.2 Å². The predicted octanol–water partition coefficient (Wildman–Crippen LogP) is 6.03. The van der Waals surface area contributed by atoms with Gasteiger partial charge in [-0.2, -0.15) is 0 Å². The lowest BCUT2D eigenvalue weighted by molar-refractivity contribution is 0.101. The van der Waals surface area contributed by atoms with Crippen molar-refractivity contribution >= 4 is 0 Å². The molecule has 0 aliphatic heterocycles. The maximum atomic E-state index is 6.03. The first-order valence-electron chi connectivity index (χ1n) is 11.6. The standard InChI is InChI=1S/C28H29N3O3/c1-18-30-31-27(32-18)19-4-10-23(11-5-19)33-24-12-6-20(7-13-24)28(2,3)21-8-14-25(15-9-21)34-26-16-22(29)17-26/h4-15,22,26H,16-17,29H2,1-3H3/t22-,26-. The summed E-state index contributed by atoms with van der Waals surface area (Å²) in [5.74, 6) is 3.47. The van der Waals surface area contributed by atoms with E-state index in [2.05, 4.69) is 60.4 Å². The van der Waals surface area contributed by atoms with E-state index in [-0.39, 0.29) is 17.6 Å². The van der Waals surface area contributed by atoms with E-state index in [0.29, 0.717) is 11.8 Å². The third kappa shape index (κ3) is 4.68. The molecule has 1 aliphatic rings. The van der Waals surface area contributed by atoms with Crippen molar-refractivity contribution in [1.82, 2.24) is 10.2 Å². The molecule has 0 bridgehead atoms. The lowest BCUT2D eigenvalue weighted by Crippen LogP contribution is -2.43. The summed E-state index contributed by atoms with van der Waals surface area (Å²) >= 11 is 0. The smallest absolute Gasteiger partial charge is 0.247 e. The second kappa shape index (κ2) is 8.95. The summed E-state index contributed by atoms with van der Waals surface area (Å²) in [7, 11) is 0. The Morgan fingerprint density at radius 1 is 0.794 bits per heavy atom. The Balaban J connectivity index is 1.24. The molecule has 6 nitrogen and oxygen atoms in total. The zero-order chi connectivity index (χ0) is 23.7. The third-order valence-corrected chi connectivity index (χ3v) is 6.45. The molecule has 1 heterocycles. The average Bonchev–Trinajstić information content (AvgIpc) is 3.25. The van der Waals surface area contributed by atoms with Gasteiger partial charge in [-0.3, -0.25) is 0 Å². The van der Waals surface area contributed by atoms with Crippen molar-refractivity contribution in [2.45, 2.75) is 51.2 Å². The normalized spacial score (nSPS) is 17.8. The number of aryl methyl sites for hydroxylation is 1. The van der Waals surface area contributed by atoms with Gasteiger partial charge in [-0.1, -0.05) is 38.1 Å². The van der Waals surface area contributed by atoms with Crippen LogP contribution in [0, 0.1) is 6.92 Å². The van der Waals surface area contributed by atoms with Gasteiger partial charge in [0.15, 0.2) is 0 Å². The van der Waals surface area contributed by atoms with Crippen molar-refractivity contribution in [3.8, 4) is 28.7 Å². The molecular weight excluding hydrogens is 426 g/mol. The van der Waals surface area contributed by atoms with Crippen molar-refractivity contribution in [2.75, 3.05) is 0 Å². The highest BCUT2D eigenvalue weighted by molar-refractivity contribution is 5.54. The number of nitrogens with zero attached hydrogens (tertiary/aromatic N) is 2. The monoisotopic (exact) mass is 455 g/mol. The maximum Gasteiger partial charge on any atom is 0.247 e. The van der Waals surface area contributed by atoms with E-state index in [1.54, 1.807) is 6.92 Å². The minimum Gasteiger partial charge on any atom is -0.490 e. The Kier molecular flexibility index (Phi) is 5.84. The van der Waals surface area contributed by atoms with Crippen molar-refractivity contribution in [3.63, 3.8) is 0 Å². The molecule has 34 heavy (non-hydrogen) atoms. The first kappa shape index (κ1) is 22.2. The lowest BCUT2D eigenvalue weighted by Gasteiger charge is -2.33. The van der Waals surface area contributed by atoms with Crippen LogP contribution in [0.2, 0.25) is 0 Å². The van der Waals surface area contributed by atoms with Gasteiger partial charge in [0.2, 0.25) is 11.8 Å². The number of aromatic nitrogens is 2. The Morgan fingerprint density at radius 3 is 1.82 bits per heavy atom. The molecule has 6 heteroatoms. The summed E-state index contributed by atoms with van der Waals surface area (Å²) in [6, 6.07) is 24.5. The fourth-order valence-electron chi connectivity index (χ4n) is 4.17. The van der Waals surface area contributed by atoms with Crippen molar-refractivity contribution in [2.24, 2.45) is 5.73 Å². The number of hydrogen-bond acceptors (Lipinski definition) is 6.